The average Bonchev–Trinajstić information content (AvgIpc) is 2.91. The third kappa shape index (κ3) is 9.55. The van der Waals surface area contributed by atoms with E-state index in [-0.39, 0.29) is 23.9 Å². The van der Waals surface area contributed by atoms with E-state index in [2.05, 4.69) is 15.8 Å². The number of ether oxygens (including phenoxy) is 1. The smallest absolute Gasteiger partial charge is 0.271 e. The predicted octanol–water partition coefficient (Wildman–Crippen LogP) is 2.25. The number of hydrogen-bond acceptors (Lipinski definition) is 8. The van der Waals surface area contributed by atoms with E-state index < -0.39 is 27.4 Å². The number of benzene rings is 3. The zero-order valence-electron chi connectivity index (χ0n) is 21.0. The molecule has 0 aliphatic heterocycles. The minimum Gasteiger partial charge on any atom is -0.484 e. The maximum absolute atomic E-state index is 12.3. The Bertz CT molecular complexity index is 1430. The number of non-ortho nitro benzene ring substituents is 1. The number of sulfonamides is 1. The summed E-state index contributed by atoms with van der Waals surface area (Å²) in [6, 6.07) is 21.3. The first kappa shape index (κ1) is 28.8. The van der Waals surface area contributed by atoms with Crippen LogP contribution in [0.25, 0.3) is 0 Å². The van der Waals surface area contributed by atoms with Gasteiger partial charge in [0.25, 0.3) is 17.5 Å². The Morgan fingerprint density at radius 3 is 2.41 bits per heavy atom. The van der Waals surface area contributed by atoms with Gasteiger partial charge in [0.15, 0.2) is 6.61 Å². The van der Waals surface area contributed by atoms with Crippen molar-refractivity contribution in [2.45, 2.75) is 6.42 Å². The van der Waals surface area contributed by atoms with Gasteiger partial charge in [0, 0.05) is 18.7 Å². The molecule has 3 aromatic rings. The van der Waals surface area contributed by atoms with E-state index in [9.17, 15) is 28.1 Å². The summed E-state index contributed by atoms with van der Waals surface area (Å²) < 4.78 is 30.6. The van der Waals surface area contributed by atoms with Gasteiger partial charge in [-0.2, -0.15) is 5.10 Å². The molecule has 0 aliphatic rings. The summed E-state index contributed by atoms with van der Waals surface area (Å²) in [6.45, 7) is -0.266. The van der Waals surface area contributed by atoms with Crippen molar-refractivity contribution in [3.05, 3.63) is 100 Å². The molecule has 0 spiro atoms. The Hall–Kier alpha value is -4.78. The number of nitrogens with one attached hydrogen (secondary N) is 2. The zero-order valence-corrected chi connectivity index (χ0v) is 21.8. The van der Waals surface area contributed by atoms with Gasteiger partial charge in [0.1, 0.15) is 12.3 Å². The molecule has 0 unspecified atom stereocenters. The first-order chi connectivity index (χ1) is 18.6. The number of nitrogens with zero attached hydrogens (tertiary/aromatic N) is 3. The van der Waals surface area contributed by atoms with Crippen LogP contribution in [0.15, 0.2) is 84.0 Å². The molecular formula is C26H27N5O7S. The molecule has 0 atom stereocenters. The molecule has 2 N–H and O–H groups in total. The lowest BCUT2D eigenvalue weighted by molar-refractivity contribution is -0.384. The van der Waals surface area contributed by atoms with Gasteiger partial charge in [-0.1, -0.05) is 36.4 Å². The van der Waals surface area contributed by atoms with Crippen LogP contribution in [-0.4, -0.2) is 57.3 Å². The van der Waals surface area contributed by atoms with E-state index >= 15 is 0 Å². The van der Waals surface area contributed by atoms with Crippen molar-refractivity contribution >= 4 is 39.4 Å². The standard InChI is InChI=1S/C26H27N5O7S/c1-39(36,37)30(22-8-5-9-23(16-22)31(34)35)18-25(32)29-28-17-21-10-12-24(13-11-21)38-19-26(33)27-15-14-20-6-3-2-4-7-20/h2-13,16-17H,14-15,18-19H2,1H3,(H,27,33)(H,29,32)/b28-17-. The van der Waals surface area contributed by atoms with Crippen molar-refractivity contribution in [2.75, 3.05) is 30.3 Å². The lowest BCUT2D eigenvalue weighted by atomic mass is 10.1. The number of carbonyl (C=O) groups is 2. The topological polar surface area (TPSA) is 160 Å². The summed E-state index contributed by atoms with van der Waals surface area (Å²) in [6.07, 6.45) is 2.95. The number of carbonyl (C=O) groups excluding carboxylic acids is 2. The number of nitro benzene ring substituents is 1. The molecule has 13 heteroatoms. The second kappa shape index (κ2) is 13.7. The van der Waals surface area contributed by atoms with Gasteiger partial charge in [0.2, 0.25) is 10.0 Å². The highest BCUT2D eigenvalue weighted by Gasteiger charge is 2.22. The van der Waals surface area contributed by atoms with Crippen LogP contribution in [0.5, 0.6) is 5.75 Å². The normalized spacial score (nSPS) is 11.1. The molecule has 3 aromatic carbocycles. The maximum Gasteiger partial charge on any atom is 0.271 e. The molecule has 0 bridgehead atoms. The van der Waals surface area contributed by atoms with E-state index in [1.165, 1.54) is 24.4 Å². The van der Waals surface area contributed by atoms with E-state index in [4.69, 9.17) is 4.74 Å². The molecule has 0 saturated carbocycles. The van der Waals surface area contributed by atoms with E-state index in [0.717, 1.165) is 28.6 Å². The zero-order chi connectivity index (χ0) is 28.3. The quantitative estimate of drug-likeness (QED) is 0.186. The van der Waals surface area contributed by atoms with Crippen molar-refractivity contribution in [3.8, 4) is 5.75 Å². The molecule has 0 heterocycles. The third-order valence-electron chi connectivity index (χ3n) is 5.25. The van der Waals surface area contributed by atoms with Crippen molar-refractivity contribution in [1.82, 2.24) is 10.7 Å². The molecule has 3 rings (SSSR count). The number of anilines is 1. The van der Waals surface area contributed by atoms with Crippen LogP contribution in [-0.2, 0) is 26.0 Å². The van der Waals surface area contributed by atoms with Gasteiger partial charge in [-0.25, -0.2) is 13.8 Å². The Morgan fingerprint density at radius 2 is 1.74 bits per heavy atom. The van der Waals surface area contributed by atoms with Gasteiger partial charge in [-0.05, 0) is 47.9 Å². The van der Waals surface area contributed by atoms with Crippen molar-refractivity contribution in [3.63, 3.8) is 0 Å². The van der Waals surface area contributed by atoms with Gasteiger partial charge >= 0.3 is 0 Å². The summed E-state index contributed by atoms with van der Waals surface area (Å²) in [5.74, 6) is -0.524. The summed E-state index contributed by atoms with van der Waals surface area (Å²) >= 11 is 0. The molecule has 2 amide bonds. The lowest BCUT2D eigenvalue weighted by Gasteiger charge is -2.21. The molecule has 39 heavy (non-hydrogen) atoms. The van der Waals surface area contributed by atoms with Crippen LogP contribution in [0.2, 0.25) is 0 Å². The van der Waals surface area contributed by atoms with Crippen LogP contribution in [0.1, 0.15) is 11.1 Å². The predicted molar refractivity (Wildman–Crippen MR) is 146 cm³/mol. The SMILES string of the molecule is CS(=O)(=O)N(CC(=O)N/N=C\c1ccc(OCC(=O)NCCc2ccccc2)cc1)c1cccc([N+](=O)[O-])c1. The first-order valence-electron chi connectivity index (χ1n) is 11.7. The fourth-order valence-electron chi connectivity index (χ4n) is 3.35. The number of nitro groups is 1. The molecule has 0 aromatic heterocycles. The summed E-state index contributed by atoms with van der Waals surface area (Å²) in [5, 5.41) is 17.6. The van der Waals surface area contributed by atoms with E-state index in [0.29, 0.717) is 17.9 Å². The Morgan fingerprint density at radius 1 is 1.03 bits per heavy atom. The van der Waals surface area contributed by atoms with Gasteiger partial charge < -0.3 is 10.1 Å². The molecular weight excluding hydrogens is 526 g/mol. The molecule has 0 aliphatic carbocycles. The number of rotatable bonds is 13. The Kier molecular flexibility index (Phi) is 10.1. The van der Waals surface area contributed by atoms with E-state index in [1.54, 1.807) is 24.3 Å². The van der Waals surface area contributed by atoms with Crippen LogP contribution >= 0.6 is 0 Å². The van der Waals surface area contributed by atoms with Gasteiger partial charge in [0.05, 0.1) is 23.1 Å². The fourth-order valence-corrected chi connectivity index (χ4v) is 4.20. The third-order valence-corrected chi connectivity index (χ3v) is 6.39. The van der Waals surface area contributed by atoms with E-state index in [1.807, 2.05) is 30.3 Å². The average molecular weight is 554 g/mol. The van der Waals surface area contributed by atoms with Crippen LogP contribution in [0.3, 0.4) is 0 Å². The number of amides is 2. The highest BCUT2D eigenvalue weighted by Crippen LogP contribution is 2.23. The second-order valence-electron chi connectivity index (χ2n) is 8.28. The molecule has 12 nitrogen and oxygen atoms in total. The van der Waals surface area contributed by atoms with Crippen molar-refractivity contribution in [1.29, 1.82) is 0 Å². The van der Waals surface area contributed by atoms with Gasteiger partial charge in [-0.15, -0.1) is 0 Å². The highest BCUT2D eigenvalue weighted by atomic mass is 32.2. The van der Waals surface area contributed by atoms with Gasteiger partial charge in [-0.3, -0.25) is 24.0 Å². The minimum atomic E-state index is -3.91. The fraction of sp³-hybridized carbons (Fsp3) is 0.192. The van der Waals surface area contributed by atoms with Crippen LogP contribution in [0, 0.1) is 10.1 Å². The highest BCUT2D eigenvalue weighted by molar-refractivity contribution is 7.92. The summed E-state index contributed by atoms with van der Waals surface area (Å²) in [4.78, 5) is 34.7. The van der Waals surface area contributed by atoms with Crippen molar-refractivity contribution < 1.29 is 27.7 Å². The lowest BCUT2D eigenvalue weighted by Crippen LogP contribution is -2.39. The maximum atomic E-state index is 12.3. The second-order valence-corrected chi connectivity index (χ2v) is 10.2. The largest absolute Gasteiger partial charge is 0.484 e. The van der Waals surface area contributed by atoms with Crippen LogP contribution < -0.4 is 19.8 Å². The summed E-state index contributed by atoms with van der Waals surface area (Å²) in [7, 11) is -3.91. The monoisotopic (exact) mass is 553 g/mol. The molecule has 0 radical (unpaired) electrons. The first-order valence-corrected chi connectivity index (χ1v) is 13.5. The molecule has 0 fully saturated rings. The Labute approximate surface area is 225 Å². The van der Waals surface area contributed by atoms with Crippen molar-refractivity contribution in [2.24, 2.45) is 5.10 Å². The molecule has 0 saturated heterocycles. The number of hydrogen-bond donors (Lipinski definition) is 2. The Balaban J connectivity index is 1.46. The minimum absolute atomic E-state index is 0.0219. The van der Waals surface area contributed by atoms with Crippen LogP contribution in [0.4, 0.5) is 11.4 Å². The summed E-state index contributed by atoms with van der Waals surface area (Å²) in [5.41, 5.74) is 3.63. The number of hydrazone groups is 1. The molecule has 204 valence electrons.